The Morgan fingerprint density at radius 2 is 2.12 bits per heavy atom. The molecule has 0 amide bonds. The minimum atomic E-state index is -0.990. The van der Waals surface area contributed by atoms with Gasteiger partial charge in [0, 0.05) is 18.1 Å². The highest BCUT2D eigenvalue weighted by Gasteiger charge is 2.14. The molecule has 0 spiro atoms. The summed E-state index contributed by atoms with van der Waals surface area (Å²) in [6.45, 7) is 3.62. The van der Waals surface area contributed by atoms with Gasteiger partial charge < -0.3 is 5.11 Å². The highest BCUT2D eigenvalue weighted by molar-refractivity contribution is 5.91. The second-order valence-electron chi connectivity index (χ2n) is 3.47. The largest absolute Gasteiger partial charge is 0.478 e. The first-order chi connectivity index (χ1) is 7.59. The van der Waals surface area contributed by atoms with Crippen LogP contribution in [0.15, 0.2) is 24.5 Å². The molecule has 0 aromatic carbocycles. The molecule has 2 aromatic rings. The van der Waals surface area contributed by atoms with Crippen LogP contribution in [0, 0.1) is 13.8 Å². The van der Waals surface area contributed by atoms with E-state index in [-0.39, 0.29) is 5.56 Å². The summed E-state index contributed by atoms with van der Waals surface area (Å²) in [6, 6.07) is 3.23. The third kappa shape index (κ3) is 1.67. The Bertz CT molecular complexity index is 546. The van der Waals surface area contributed by atoms with Gasteiger partial charge in [0.2, 0.25) is 0 Å². The molecule has 0 aliphatic heterocycles. The molecule has 5 heteroatoms. The molecule has 5 nitrogen and oxygen atoms in total. The van der Waals surface area contributed by atoms with Crippen LogP contribution in [0.4, 0.5) is 0 Å². The van der Waals surface area contributed by atoms with Crippen molar-refractivity contribution in [1.82, 2.24) is 14.5 Å². The molecule has 2 rings (SSSR count). The van der Waals surface area contributed by atoms with Crippen molar-refractivity contribution >= 4 is 5.97 Å². The number of aromatic carboxylic acids is 1. The van der Waals surface area contributed by atoms with Crippen LogP contribution in [0.3, 0.4) is 0 Å². The van der Waals surface area contributed by atoms with Crippen LogP contribution >= 0.6 is 0 Å². The normalized spacial score (nSPS) is 10.4. The molecule has 16 heavy (non-hydrogen) atoms. The van der Waals surface area contributed by atoms with Gasteiger partial charge >= 0.3 is 5.97 Å². The molecule has 82 valence electrons. The molecule has 0 aliphatic carbocycles. The van der Waals surface area contributed by atoms with Crippen molar-refractivity contribution in [2.75, 3.05) is 0 Å². The number of aryl methyl sites for hydroxylation is 2. The fourth-order valence-corrected chi connectivity index (χ4v) is 1.50. The fourth-order valence-electron chi connectivity index (χ4n) is 1.50. The number of hydrogen-bond acceptors (Lipinski definition) is 3. The van der Waals surface area contributed by atoms with Gasteiger partial charge in [-0.1, -0.05) is 0 Å². The third-order valence-corrected chi connectivity index (χ3v) is 2.30. The first-order valence-corrected chi connectivity index (χ1v) is 4.81. The molecule has 0 bridgehead atoms. The van der Waals surface area contributed by atoms with Crippen molar-refractivity contribution in [3.8, 4) is 5.82 Å². The van der Waals surface area contributed by atoms with Crippen molar-refractivity contribution in [1.29, 1.82) is 0 Å². The number of pyridine rings is 1. The average Bonchev–Trinajstić information content (AvgIpc) is 2.63. The summed E-state index contributed by atoms with van der Waals surface area (Å²) in [4.78, 5) is 19.4. The Balaban J connectivity index is 2.67. The first-order valence-electron chi connectivity index (χ1n) is 4.81. The predicted molar refractivity (Wildman–Crippen MR) is 57.8 cm³/mol. The van der Waals surface area contributed by atoms with E-state index in [4.69, 9.17) is 5.11 Å². The molecule has 0 saturated carbocycles. The average molecular weight is 217 g/mol. The zero-order chi connectivity index (χ0) is 11.7. The number of nitrogens with zero attached hydrogens (tertiary/aromatic N) is 3. The van der Waals surface area contributed by atoms with Crippen LogP contribution in [0.5, 0.6) is 0 Å². The summed E-state index contributed by atoms with van der Waals surface area (Å²) in [7, 11) is 0. The molecular formula is C11H11N3O2. The molecule has 0 fully saturated rings. The van der Waals surface area contributed by atoms with Gasteiger partial charge in [0.25, 0.3) is 0 Å². The number of imidazole rings is 1. The van der Waals surface area contributed by atoms with E-state index in [1.807, 2.05) is 6.92 Å². The van der Waals surface area contributed by atoms with Gasteiger partial charge in [-0.15, -0.1) is 0 Å². The Morgan fingerprint density at radius 1 is 1.38 bits per heavy atom. The molecule has 0 saturated heterocycles. The standard InChI is InChI=1S/C11H11N3O2/c1-7-3-4-9(11(15)16)10(13-7)14-6-5-12-8(14)2/h3-6H,1-2H3,(H,15,16). The van der Waals surface area contributed by atoms with E-state index >= 15 is 0 Å². The highest BCUT2D eigenvalue weighted by atomic mass is 16.4. The summed E-state index contributed by atoms with van der Waals surface area (Å²) in [5.41, 5.74) is 0.944. The van der Waals surface area contributed by atoms with E-state index in [9.17, 15) is 4.79 Å². The predicted octanol–water partition coefficient (Wildman–Crippen LogP) is 1.58. The lowest BCUT2D eigenvalue weighted by Gasteiger charge is -2.08. The van der Waals surface area contributed by atoms with Gasteiger partial charge in [0.05, 0.1) is 0 Å². The highest BCUT2D eigenvalue weighted by Crippen LogP contribution is 2.14. The molecular weight excluding hydrogens is 206 g/mol. The summed E-state index contributed by atoms with van der Waals surface area (Å²) < 4.78 is 1.66. The van der Waals surface area contributed by atoms with Crippen molar-refractivity contribution in [3.05, 3.63) is 41.6 Å². The first kappa shape index (κ1) is 10.4. The molecule has 2 heterocycles. The maximum absolute atomic E-state index is 11.1. The maximum atomic E-state index is 11.1. The number of carboxylic acid groups (broad SMARTS) is 1. The van der Waals surface area contributed by atoms with Crippen molar-refractivity contribution in [3.63, 3.8) is 0 Å². The lowest BCUT2D eigenvalue weighted by Crippen LogP contribution is -2.09. The Morgan fingerprint density at radius 3 is 2.69 bits per heavy atom. The Labute approximate surface area is 92.4 Å². The molecule has 0 unspecified atom stereocenters. The second-order valence-corrected chi connectivity index (χ2v) is 3.47. The Hall–Kier alpha value is -2.17. The number of aromatic nitrogens is 3. The molecule has 0 atom stereocenters. The van der Waals surface area contributed by atoms with Crippen LogP contribution in [0.1, 0.15) is 21.9 Å². The summed E-state index contributed by atoms with van der Waals surface area (Å²) >= 11 is 0. The smallest absolute Gasteiger partial charge is 0.339 e. The van der Waals surface area contributed by atoms with E-state index in [0.29, 0.717) is 11.6 Å². The lowest BCUT2D eigenvalue weighted by atomic mass is 10.2. The topological polar surface area (TPSA) is 68.0 Å². The zero-order valence-corrected chi connectivity index (χ0v) is 9.01. The molecule has 0 aliphatic rings. The maximum Gasteiger partial charge on any atom is 0.339 e. The van der Waals surface area contributed by atoms with Gasteiger partial charge in [-0.3, -0.25) is 4.57 Å². The fraction of sp³-hybridized carbons (Fsp3) is 0.182. The van der Waals surface area contributed by atoms with Gasteiger partial charge in [-0.05, 0) is 26.0 Å². The van der Waals surface area contributed by atoms with Crippen LogP contribution in [0.2, 0.25) is 0 Å². The summed E-state index contributed by atoms with van der Waals surface area (Å²) in [5.74, 6) is 0.124. The lowest BCUT2D eigenvalue weighted by molar-refractivity contribution is 0.0696. The number of carbonyl (C=O) groups is 1. The van der Waals surface area contributed by atoms with E-state index in [1.165, 1.54) is 0 Å². The van der Waals surface area contributed by atoms with Crippen molar-refractivity contribution in [2.45, 2.75) is 13.8 Å². The molecule has 0 radical (unpaired) electrons. The van der Waals surface area contributed by atoms with E-state index in [0.717, 1.165) is 5.69 Å². The van der Waals surface area contributed by atoms with Crippen LogP contribution in [-0.4, -0.2) is 25.6 Å². The SMILES string of the molecule is Cc1ccc(C(=O)O)c(-n2ccnc2C)n1. The van der Waals surface area contributed by atoms with Gasteiger partial charge in [0.15, 0.2) is 5.82 Å². The second kappa shape index (κ2) is 3.77. The Kier molecular flexibility index (Phi) is 2.44. The van der Waals surface area contributed by atoms with Crippen molar-refractivity contribution < 1.29 is 9.90 Å². The van der Waals surface area contributed by atoms with Gasteiger partial charge in [-0.2, -0.15) is 0 Å². The number of rotatable bonds is 2. The summed E-state index contributed by atoms with van der Waals surface area (Å²) in [6.07, 6.45) is 3.31. The van der Waals surface area contributed by atoms with Gasteiger partial charge in [0.1, 0.15) is 11.4 Å². The van der Waals surface area contributed by atoms with Crippen LogP contribution in [-0.2, 0) is 0 Å². The quantitative estimate of drug-likeness (QED) is 0.829. The third-order valence-electron chi connectivity index (χ3n) is 2.30. The van der Waals surface area contributed by atoms with Crippen LogP contribution in [0.25, 0.3) is 5.82 Å². The van der Waals surface area contributed by atoms with E-state index in [1.54, 1.807) is 36.0 Å². The van der Waals surface area contributed by atoms with E-state index < -0.39 is 5.97 Å². The minimum absolute atomic E-state index is 0.173. The molecule has 2 aromatic heterocycles. The van der Waals surface area contributed by atoms with Crippen molar-refractivity contribution in [2.24, 2.45) is 0 Å². The zero-order valence-electron chi connectivity index (χ0n) is 9.01. The van der Waals surface area contributed by atoms with Gasteiger partial charge in [-0.25, -0.2) is 14.8 Å². The minimum Gasteiger partial charge on any atom is -0.478 e. The monoisotopic (exact) mass is 217 g/mol. The molecule has 1 N–H and O–H groups in total. The van der Waals surface area contributed by atoms with E-state index in [2.05, 4.69) is 9.97 Å². The number of hydrogen-bond donors (Lipinski definition) is 1. The van der Waals surface area contributed by atoms with Crippen LogP contribution < -0.4 is 0 Å². The summed E-state index contributed by atoms with van der Waals surface area (Å²) in [5, 5.41) is 9.07. The number of carboxylic acids is 1.